The van der Waals surface area contributed by atoms with E-state index in [1.54, 1.807) is 0 Å². The Morgan fingerprint density at radius 3 is 2.90 bits per heavy atom. The summed E-state index contributed by atoms with van der Waals surface area (Å²) in [4.78, 5) is 17.4. The molecule has 1 aliphatic carbocycles. The predicted octanol–water partition coefficient (Wildman–Crippen LogP) is 3.40. The second-order valence-electron chi connectivity index (χ2n) is 5.50. The summed E-state index contributed by atoms with van der Waals surface area (Å²) in [6.07, 6.45) is 7.78. The topological polar surface area (TPSA) is 47.9 Å². The van der Waals surface area contributed by atoms with Gasteiger partial charge in [0.05, 0.1) is 6.61 Å². The van der Waals surface area contributed by atoms with Gasteiger partial charge >= 0.3 is 5.97 Å². The molecule has 0 spiro atoms. The molecule has 1 aromatic rings. The fraction of sp³-hybridized carbons (Fsp3) is 0.412. The van der Waals surface area contributed by atoms with Crippen molar-refractivity contribution in [2.45, 2.75) is 31.8 Å². The van der Waals surface area contributed by atoms with Crippen molar-refractivity contribution in [1.29, 1.82) is 0 Å². The van der Waals surface area contributed by atoms with Crippen LogP contribution in [0.1, 0.15) is 37.4 Å². The van der Waals surface area contributed by atoms with E-state index in [0.717, 1.165) is 24.8 Å². The van der Waals surface area contributed by atoms with Gasteiger partial charge in [0.1, 0.15) is 0 Å². The highest BCUT2D eigenvalue weighted by Gasteiger charge is 2.28. The first-order chi connectivity index (χ1) is 10.3. The standard InChI is InChI=1S/C17H19NO3/c19-17(20-12-13-7-3-1-4-8-13)15-11-16(21-18-15)14-9-5-2-6-10-14/h1-3,5-6,9-10,13,16H,4,7-8,11-12H2. The Morgan fingerprint density at radius 2 is 2.14 bits per heavy atom. The summed E-state index contributed by atoms with van der Waals surface area (Å²) in [5.74, 6) is 0.0924. The molecule has 1 aromatic carbocycles. The number of ether oxygens (including phenoxy) is 1. The predicted molar refractivity (Wildman–Crippen MR) is 79.8 cm³/mol. The molecule has 3 rings (SSSR count). The van der Waals surface area contributed by atoms with Gasteiger partial charge in [0.25, 0.3) is 0 Å². The van der Waals surface area contributed by atoms with Gasteiger partial charge in [-0.05, 0) is 30.7 Å². The number of rotatable bonds is 4. The Hall–Kier alpha value is -2.10. The summed E-state index contributed by atoms with van der Waals surface area (Å²) in [6, 6.07) is 9.80. The van der Waals surface area contributed by atoms with Crippen LogP contribution in [-0.4, -0.2) is 18.3 Å². The molecule has 2 aliphatic rings. The number of oxime groups is 1. The molecule has 0 saturated heterocycles. The lowest BCUT2D eigenvalue weighted by Gasteiger charge is -2.17. The van der Waals surface area contributed by atoms with Gasteiger partial charge in [-0.2, -0.15) is 0 Å². The molecule has 0 aromatic heterocycles. The van der Waals surface area contributed by atoms with Crippen LogP contribution in [0.5, 0.6) is 0 Å². The van der Waals surface area contributed by atoms with Crippen LogP contribution in [0.4, 0.5) is 0 Å². The highest BCUT2D eigenvalue weighted by molar-refractivity contribution is 6.36. The van der Waals surface area contributed by atoms with Gasteiger partial charge in [-0.3, -0.25) is 0 Å². The van der Waals surface area contributed by atoms with Crippen molar-refractivity contribution in [1.82, 2.24) is 0 Å². The maximum Gasteiger partial charge on any atom is 0.356 e. The van der Waals surface area contributed by atoms with E-state index >= 15 is 0 Å². The van der Waals surface area contributed by atoms with E-state index in [-0.39, 0.29) is 12.1 Å². The first kappa shape index (κ1) is 13.9. The van der Waals surface area contributed by atoms with Crippen LogP contribution in [-0.2, 0) is 14.4 Å². The summed E-state index contributed by atoms with van der Waals surface area (Å²) in [5, 5.41) is 3.89. The van der Waals surface area contributed by atoms with Crippen molar-refractivity contribution in [2.75, 3.05) is 6.61 Å². The number of allylic oxidation sites excluding steroid dienone is 2. The van der Waals surface area contributed by atoms with Crippen LogP contribution in [0, 0.1) is 5.92 Å². The maximum absolute atomic E-state index is 12.0. The molecule has 4 heteroatoms. The zero-order valence-electron chi connectivity index (χ0n) is 11.9. The summed E-state index contributed by atoms with van der Waals surface area (Å²) >= 11 is 0. The molecule has 1 aliphatic heterocycles. The Morgan fingerprint density at radius 1 is 1.29 bits per heavy atom. The molecule has 0 N–H and O–H groups in total. The van der Waals surface area contributed by atoms with Crippen molar-refractivity contribution in [3.8, 4) is 0 Å². The van der Waals surface area contributed by atoms with Crippen LogP contribution in [0.25, 0.3) is 0 Å². The minimum Gasteiger partial charge on any atom is -0.461 e. The first-order valence-electron chi connectivity index (χ1n) is 7.42. The third-order valence-electron chi connectivity index (χ3n) is 3.90. The minimum atomic E-state index is -0.344. The van der Waals surface area contributed by atoms with Gasteiger partial charge < -0.3 is 9.57 Å². The molecule has 1 heterocycles. The molecule has 0 radical (unpaired) electrons. The molecular formula is C17H19NO3. The molecule has 0 saturated carbocycles. The lowest BCUT2D eigenvalue weighted by molar-refractivity contribution is -0.137. The van der Waals surface area contributed by atoms with Gasteiger partial charge in [-0.25, -0.2) is 4.79 Å². The fourth-order valence-corrected chi connectivity index (χ4v) is 2.63. The molecule has 0 amide bonds. The van der Waals surface area contributed by atoms with E-state index in [0.29, 0.717) is 24.7 Å². The number of esters is 1. The highest BCUT2D eigenvalue weighted by Crippen LogP contribution is 2.27. The van der Waals surface area contributed by atoms with Gasteiger partial charge in [0, 0.05) is 6.42 Å². The summed E-state index contributed by atoms with van der Waals surface area (Å²) < 4.78 is 5.37. The third kappa shape index (κ3) is 3.51. The van der Waals surface area contributed by atoms with Crippen LogP contribution in [0.2, 0.25) is 0 Å². The van der Waals surface area contributed by atoms with Crippen LogP contribution < -0.4 is 0 Å². The number of hydrogen-bond acceptors (Lipinski definition) is 4. The lowest BCUT2D eigenvalue weighted by atomic mass is 9.95. The monoisotopic (exact) mass is 285 g/mol. The molecule has 0 bridgehead atoms. The van der Waals surface area contributed by atoms with Crippen LogP contribution >= 0.6 is 0 Å². The number of nitrogens with zero attached hydrogens (tertiary/aromatic N) is 1. The Bertz CT molecular complexity index is 550. The smallest absolute Gasteiger partial charge is 0.356 e. The van der Waals surface area contributed by atoms with Gasteiger partial charge in [-0.1, -0.05) is 47.6 Å². The molecular weight excluding hydrogens is 266 g/mol. The fourth-order valence-electron chi connectivity index (χ4n) is 2.63. The average molecular weight is 285 g/mol. The quantitative estimate of drug-likeness (QED) is 0.629. The summed E-state index contributed by atoms with van der Waals surface area (Å²) in [5.41, 5.74) is 1.41. The molecule has 110 valence electrons. The van der Waals surface area contributed by atoms with Crippen molar-refractivity contribution >= 4 is 11.7 Å². The molecule has 4 nitrogen and oxygen atoms in total. The second-order valence-corrected chi connectivity index (χ2v) is 5.50. The van der Waals surface area contributed by atoms with Crippen molar-refractivity contribution in [3.63, 3.8) is 0 Å². The Labute approximate surface area is 124 Å². The molecule has 0 fully saturated rings. The zero-order chi connectivity index (χ0) is 14.5. The largest absolute Gasteiger partial charge is 0.461 e. The normalized spacial score (nSPS) is 24.3. The first-order valence-corrected chi connectivity index (χ1v) is 7.42. The van der Waals surface area contributed by atoms with Gasteiger partial charge in [-0.15, -0.1) is 0 Å². The summed E-state index contributed by atoms with van der Waals surface area (Å²) in [7, 11) is 0. The Kier molecular flexibility index (Phi) is 4.34. The second kappa shape index (κ2) is 6.57. The molecule has 2 atom stereocenters. The van der Waals surface area contributed by atoms with E-state index < -0.39 is 0 Å². The van der Waals surface area contributed by atoms with E-state index in [2.05, 4.69) is 17.3 Å². The van der Waals surface area contributed by atoms with E-state index in [1.165, 1.54) is 0 Å². The molecule has 2 unspecified atom stereocenters. The zero-order valence-corrected chi connectivity index (χ0v) is 11.9. The van der Waals surface area contributed by atoms with Crippen molar-refractivity contribution in [2.24, 2.45) is 11.1 Å². The summed E-state index contributed by atoms with van der Waals surface area (Å²) in [6.45, 7) is 0.470. The molecule has 21 heavy (non-hydrogen) atoms. The van der Waals surface area contributed by atoms with Crippen LogP contribution in [0.3, 0.4) is 0 Å². The van der Waals surface area contributed by atoms with Gasteiger partial charge in [0.2, 0.25) is 0 Å². The van der Waals surface area contributed by atoms with E-state index in [9.17, 15) is 4.79 Å². The van der Waals surface area contributed by atoms with Crippen molar-refractivity contribution in [3.05, 3.63) is 48.0 Å². The van der Waals surface area contributed by atoms with Gasteiger partial charge in [0.15, 0.2) is 11.8 Å². The number of carbonyl (C=O) groups excluding carboxylic acids is 1. The van der Waals surface area contributed by atoms with E-state index in [4.69, 9.17) is 9.57 Å². The lowest BCUT2D eigenvalue weighted by Crippen LogP contribution is -2.21. The van der Waals surface area contributed by atoms with Crippen molar-refractivity contribution < 1.29 is 14.4 Å². The third-order valence-corrected chi connectivity index (χ3v) is 3.90. The number of carbonyl (C=O) groups is 1. The minimum absolute atomic E-state index is 0.175. The van der Waals surface area contributed by atoms with E-state index in [1.807, 2.05) is 30.3 Å². The number of hydrogen-bond donors (Lipinski definition) is 0. The highest BCUT2D eigenvalue weighted by atomic mass is 16.6. The van der Waals surface area contributed by atoms with Crippen LogP contribution in [0.15, 0.2) is 47.6 Å². The SMILES string of the molecule is O=C(OCC1CC=CCC1)C1=NOC(c2ccccc2)C1. The average Bonchev–Trinajstić information content (AvgIpc) is 3.04. The Balaban J connectivity index is 1.49. The number of benzene rings is 1. The maximum atomic E-state index is 12.0.